The second-order valence-corrected chi connectivity index (χ2v) is 7.08. The highest BCUT2D eigenvalue weighted by atomic mass is 16.7. The topological polar surface area (TPSA) is 112 Å². The second-order valence-electron chi connectivity index (χ2n) is 7.08. The van der Waals surface area contributed by atoms with E-state index in [1.165, 1.54) is 19.4 Å². The number of aliphatic carboxylic acids is 1. The third-order valence-electron chi connectivity index (χ3n) is 5.69. The van der Waals surface area contributed by atoms with Gasteiger partial charge in [0.1, 0.15) is 6.10 Å². The van der Waals surface area contributed by atoms with Crippen LogP contribution in [0.5, 0.6) is 11.5 Å². The summed E-state index contributed by atoms with van der Waals surface area (Å²) in [5.41, 5.74) is -0.0574. The number of carbonyl (C=O) groups is 2. The molecule has 0 amide bonds. The first-order valence-corrected chi connectivity index (χ1v) is 8.70. The van der Waals surface area contributed by atoms with Crippen LogP contribution in [0.15, 0.2) is 47.8 Å². The second kappa shape index (κ2) is 5.62. The van der Waals surface area contributed by atoms with Crippen LogP contribution in [0.2, 0.25) is 0 Å². The standard InChI is InChI=1S/C20H16O8/c1-25-14-7-9(2-3-13(14)21)6-11-16-20(28-18(11)24)5-4-10-12(17(22)23)8-26-19(27-16)15(10)20/h2-8,10,15-16,19,21H,1H3,(H,22,23)/b11-6+/t10-,15-,16+,19-,20+/m1/s1. The summed E-state index contributed by atoms with van der Waals surface area (Å²) in [5.74, 6) is -2.27. The van der Waals surface area contributed by atoms with E-state index in [-0.39, 0.29) is 17.1 Å². The van der Waals surface area contributed by atoms with Gasteiger partial charge in [0, 0.05) is 5.92 Å². The number of carbonyl (C=O) groups excluding carboxylic acids is 1. The van der Waals surface area contributed by atoms with E-state index in [2.05, 4.69) is 0 Å². The molecular formula is C20H16O8. The summed E-state index contributed by atoms with van der Waals surface area (Å²) in [4.78, 5) is 24.1. The van der Waals surface area contributed by atoms with Gasteiger partial charge in [-0.05, 0) is 29.8 Å². The quantitative estimate of drug-likeness (QED) is 0.459. The molecule has 4 aliphatic rings. The monoisotopic (exact) mass is 384 g/mol. The zero-order valence-corrected chi connectivity index (χ0v) is 14.7. The summed E-state index contributed by atoms with van der Waals surface area (Å²) >= 11 is 0. The van der Waals surface area contributed by atoms with Crippen molar-refractivity contribution in [3.63, 3.8) is 0 Å². The van der Waals surface area contributed by atoms with Gasteiger partial charge in [-0.15, -0.1) is 0 Å². The molecule has 2 saturated heterocycles. The lowest BCUT2D eigenvalue weighted by Gasteiger charge is -2.32. The molecule has 5 rings (SSSR count). The lowest BCUT2D eigenvalue weighted by molar-refractivity contribution is -0.151. The molecule has 1 aromatic rings. The summed E-state index contributed by atoms with van der Waals surface area (Å²) in [6.07, 6.45) is 4.85. The fourth-order valence-electron chi connectivity index (χ4n) is 4.46. The van der Waals surface area contributed by atoms with Gasteiger partial charge in [0.15, 0.2) is 17.1 Å². The van der Waals surface area contributed by atoms with E-state index in [1.807, 2.05) is 0 Å². The number of hydrogen-bond acceptors (Lipinski definition) is 7. The maximum Gasteiger partial charge on any atom is 0.337 e. The SMILES string of the molecule is COc1cc(/C=C2/C(=O)O[C@]34C=C[C@@H]5C(C(=O)O)=CO[C@H](O[C@@H]23)[C@@H]54)ccc1O. The molecule has 1 aliphatic carbocycles. The van der Waals surface area contributed by atoms with E-state index in [1.54, 1.807) is 30.4 Å². The Kier molecular flexibility index (Phi) is 3.39. The molecule has 3 aliphatic heterocycles. The predicted molar refractivity (Wildman–Crippen MR) is 93.0 cm³/mol. The van der Waals surface area contributed by atoms with E-state index >= 15 is 0 Å². The van der Waals surface area contributed by atoms with Crippen LogP contribution in [-0.2, 0) is 23.8 Å². The number of phenolic OH excluding ortho intramolecular Hbond substituents is 1. The smallest absolute Gasteiger partial charge is 0.337 e. The van der Waals surface area contributed by atoms with Gasteiger partial charge in [0.05, 0.1) is 30.4 Å². The molecule has 3 heterocycles. The number of carboxylic acids is 1. The van der Waals surface area contributed by atoms with E-state index in [0.717, 1.165) is 0 Å². The van der Waals surface area contributed by atoms with Crippen LogP contribution in [0.25, 0.3) is 6.08 Å². The number of rotatable bonds is 3. The lowest BCUT2D eigenvalue weighted by atomic mass is 9.78. The zero-order valence-electron chi connectivity index (χ0n) is 14.7. The highest BCUT2D eigenvalue weighted by molar-refractivity contribution is 5.99. The van der Waals surface area contributed by atoms with Crippen LogP contribution in [0.3, 0.4) is 0 Å². The van der Waals surface area contributed by atoms with Gasteiger partial charge in [-0.25, -0.2) is 9.59 Å². The molecule has 0 saturated carbocycles. The highest BCUT2D eigenvalue weighted by Crippen LogP contribution is 2.58. The molecule has 8 nitrogen and oxygen atoms in total. The van der Waals surface area contributed by atoms with E-state index < -0.39 is 41.8 Å². The Morgan fingerprint density at radius 3 is 2.93 bits per heavy atom. The largest absolute Gasteiger partial charge is 0.504 e. The fourth-order valence-corrected chi connectivity index (χ4v) is 4.46. The van der Waals surface area contributed by atoms with Crippen molar-refractivity contribution in [1.82, 2.24) is 0 Å². The molecule has 1 spiro atoms. The van der Waals surface area contributed by atoms with Crippen LogP contribution < -0.4 is 4.74 Å². The summed E-state index contributed by atoms with van der Waals surface area (Å²) in [5, 5.41) is 19.2. The van der Waals surface area contributed by atoms with Gasteiger partial charge in [-0.1, -0.05) is 12.1 Å². The van der Waals surface area contributed by atoms with Crippen molar-refractivity contribution in [3.8, 4) is 11.5 Å². The minimum atomic E-state index is -1.09. The number of allylic oxidation sites excluding steroid dienone is 1. The first kappa shape index (κ1) is 16.9. The van der Waals surface area contributed by atoms with Crippen molar-refractivity contribution in [1.29, 1.82) is 0 Å². The Labute approximate surface area is 159 Å². The average molecular weight is 384 g/mol. The Bertz CT molecular complexity index is 990. The van der Waals surface area contributed by atoms with Gasteiger partial charge in [-0.3, -0.25) is 0 Å². The third-order valence-corrected chi connectivity index (χ3v) is 5.69. The van der Waals surface area contributed by atoms with Crippen molar-refractivity contribution in [3.05, 3.63) is 53.3 Å². The lowest BCUT2D eigenvalue weighted by Crippen LogP contribution is -2.43. The first-order valence-electron chi connectivity index (χ1n) is 8.70. The summed E-state index contributed by atoms with van der Waals surface area (Å²) in [6.45, 7) is 0. The number of esters is 1. The van der Waals surface area contributed by atoms with Crippen molar-refractivity contribution in [2.45, 2.75) is 18.0 Å². The Hall–Kier alpha value is -3.26. The van der Waals surface area contributed by atoms with Gasteiger partial charge < -0.3 is 29.2 Å². The van der Waals surface area contributed by atoms with Gasteiger partial charge in [0.2, 0.25) is 6.29 Å². The number of aromatic hydroxyl groups is 1. The molecule has 2 fully saturated rings. The van der Waals surface area contributed by atoms with Crippen LogP contribution in [0.1, 0.15) is 5.56 Å². The van der Waals surface area contributed by atoms with Crippen LogP contribution in [0, 0.1) is 11.8 Å². The molecule has 144 valence electrons. The summed E-state index contributed by atoms with van der Waals surface area (Å²) < 4.78 is 22.3. The minimum absolute atomic E-state index is 0.0134. The Morgan fingerprint density at radius 1 is 1.36 bits per heavy atom. The average Bonchev–Trinajstić information content (AvgIpc) is 3.27. The molecule has 28 heavy (non-hydrogen) atoms. The van der Waals surface area contributed by atoms with Gasteiger partial charge >= 0.3 is 11.9 Å². The molecule has 0 bridgehead atoms. The normalized spacial score (nSPS) is 35.8. The fraction of sp³-hybridized carbons (Fsp3) is 0.300. The van der Waals surface area contributed by atoms with Gasteiger partial charge in [-0.2, -0.15) is 0 Å². The first-order chi connectivity index (χ1) is 13.4. The Morgan fingerprint density at radius 2 is 2.18 bits per heavy atom. The maximum absolute atomic E-state index is 12.6. The predicted octanol–water partition coefficient (Wildman–Crippen LogP) is 1.61. The van der Waals surface area contributed by atoms with E-state index in [4.69, 9.17) is 18.9 Å². The summed E-state index contributed by atoms with van der Waals surface area (Å²) in [7, 11) is 1.43. The molecule has 0 radical (unpaired) electrons. The molecule has 1 aromatic carbocycles. The maximum atomic E-state index is 12.6. The number of carboxylic acid groups (broad SMARTS) is 1. The summed E-state index contributed by atoms with van der Waals surface area (Å²) in [6, 6.07) is 4.70. The molecule has 0 unspecified atom stereocenters. The van der Waals surface area contributed by atoms with Gasteiger partial charge in [0.25, 0.3) is 0 Å². The molecule has 8 heteroatoms. The van der Waals surface area contributed by atoms with E-state index in [0.29, 0.717) is 11.1 Å². The van der Waals surface area contributed by atoms with Crippen molar-refractivity contribution in [2.75, 3.05) is 7.11 Å². The van der Waals surface area contributed by atoms with Crippen molar-refractivity contribution >= 4 is 18.0 Å². The van der Waals surface area contributed by atoms with Crippen LogP contribution in [0.4, 0.5) is 0 Å². The third kappa shape index (κ3) is 2.09. The number of phenols is 1. The van der Waals surface area contributed by atoms with Crippen molar-refractivity contribution < 1.29 is 38.7 Å². The zero-order chi connectivity index (χ0) is 19.6. The Balaban J connectivity index is 1.54. The molecule has 0 aromatic heterocycles. The molecule has 5 atom stereocenters. The molecular weight excluding hydrogens is 368 g/mol. The number of benzene rings is 1. The van der Waals surface area contributed by atoms with Crippen molar-refractivity contribution in [2.24, 2.45) is 11.8 Å². The van der Waals surface area contributed by atoms with E-state index in [9.17, 15) is 19.8 Å². The number of ether oxygens (including phenoxy) is 4. The van der Waals surface area contributed by atoms with Crippen LogP contribution in [-0.4, -0.2) is 47.3 Å². The number of methoxy groups -OCH3 is 1. The highest BCUT2D eigenvalue weighted by Gasteiger charge is 2.70. The van der Waals surface area contributed by atoms with Crippen LogP contribution >= 0.6 is 0 Å². The molecule has 2 N–H and O–H groups in total. The minimum Gasteiger partial charge on any atom is -0.504 e. The number of hydrogen-bond donors (Lipinski definition) is 2.